The number of nitrogens with zero attached hydrogens (tertiary/aromatic N) is 1. The number of halogens is 2. The number of benzene rings is 3. The third-order valence-electron chi connectivity index (χ3n) is 8.48. The normalized spacial score (nSPS) is 20.2. The number of hydrogen-bond acceptors (Lipinski definition) is 4. The molecule has 43 heavy (non-hydrogen) atoms. The number of carbonyl (C=O) groups excluding carboxylic acids is 1. The van der Waals surface area contributed by atoms with Gasteiger partial charge in [-0.2, -0.15) is 0 Å². The van der Waals surface area contributed by atoms with Gasteiger partial charge in [-0.3, -0.25) is 9.59 Å². The molecule has 1 heterocycles. The number of allylic oxidation sites excluding steroid dienone is 2. The number of aliphatic carboxylic acids is 1. The molecule has 2 N–H and O–H groups in total. The van der Waals surface area contributed by atoms with Gasteiger partial charge in [-0.1, -0.05) is 66.6 Å². The number of ether oxygens (including phenoxy) is 1. The van der Waals surface area contributed by atoms with Crippen molar-refractivity contribution in [3.8, 4) is 5.75 Å². The summed E-state index contributed by atoms with van der Waals surface area (Å²) >= 11 is 12.9. The van der Waals surface area contributed by atoms with Gasteiger partial charge >= 0.3 is 5.97 Å². The van der Waals surface area contributed by atoms with E-state index in [0.717, 1.165) is 29.8 Å². The summed E-state index contributed by atoms with van der Waals surface area (Å²) in [6.45, 7) is 5.38. The fraction of sp³-hybridized carbons (Fsp3) is 0.314. The molecule has 2 aliphatic rings. The smallest absolute Gasteiger partial charge is 0.305 e. The Morgan fingerprint density at radius 1 is 1.07 bits per heavy atom. The quantitative estimate of drug-likeness (QED) is 0.256. The molecule has 0 aromatic heterocycles. The van der Waals surface area contributed by atoms with E-state index in [2.05, 4.69) is 54.4 Å². The number of nitrogens with one attached hydrogen (secondary N) is 1. The Morgan fingerprint density at radius 2 is 1.79 bits per heavy atom. The highest BCUT2D eigenvalue weighted by atomic mass is 35.5. The van der Waals surface area contributed by atoms with E-state index in [1.807, 2.05) is 30.3 Å². The van der Waals surface area contributed by atoms with Crippen LogP contribution in [0.3, 0.4) is 0 Å². The van der Waals surface area contributed by atoms with Gasteiger partial charge in [0.05, 0.1) is 19.6 Å². The maximum absolute atomic E-state index is 12.5. The fourth-order valence-electron chi connectivity index (χ4n) is 6.13. The van der Waals surface area contributed by atoms with Gasteiger partial charge in [0.25, 0.3) is 5.91 Å². The van der Waals surface area contributed by atoms with Gasteiger partial charge in [-0.15, -0.1) is 0 Å². The molecule has 4 atom stereocenters. The van der Waals surface area contributed by atoms with E-state index in [1.165, 1.54) is 16.8 Å². The van der Waals surface area contributed by atoms with Crippen LogP contribution in [0, 0.1) is 11.8 Å². The molecule has 0 radical (unpaired) electrons. The highest BCUT2D eigenvalue weighted by molar-refractivity contribution is 6.34. The molecule has 8 heteroatoms. The molecule has 0 fully saturated rings. The van der Waals surface area contributed by atoms with E-state index < -0.39 is 5.97 Å². The van der Waals surface area contributed by atoms with Crippen molar-refractivity contribution in [1.82, 2.24) is 10.2 Å². The van der Waals surface area contributed by atoms with Gasteiger partial charge in [0.1, 0.15) is 5.75 Å². The maximum atomic E-state index is 12.5. The molecule has 3 unspecified atom stereocenters. The number of fused-ring (bicyclic) bond motifs is 1. The summed E-state index contributed by atoms with van der Waals surface area (Å²) in [4.78, 5) is 25.8. The standard InChI is InChI=1S/C35H36Cl2N2O4/c1-21-20-39(22(2)23-4-6-24(7-5-23)35(42)38-13-12-34(40)41)33(19-32(21)28-15-29(36)18-30(37)16-28)27-9-8-26-17-31(43-3)11-10-25(26)14-27/h4-11,15-19,21-22,27,32H,12-14,20H2,1-3H3,(H,38,42)(H,40,41)/t21?,22-,27?,32?/m0/s1. The van der Waals surface area contributed by atoms with Crippen molar-refractivity contribution < 1.29 is 19.4 Å². The number of rotatable bonds is 9. The second-order valence-corrected chi connectivity index (χ2v) is 12.3. The maximum Gasteiger partial charge on any atom is 0.305 e. The number of carboxylic acid groups (broad SMARTS) is 1. The van der Waals surface area contributed by atoms with Crippen molar-refractivity contribution in [2.45, 2.75) is 38.6 Å². The Kier molecular flexibility index (Phi) is 9.48. The largest absolute Gasteiger partial charge is 0.497 e. The van der Waals surface area contributed by atoms with Crippen LogP contribution < -0.4 is 10.1 Å². The van der Waals surface area contributed by atoms with E-state index in [4.69, 9.17) is 33.0 Å². The van der Waals surface area contributed by atoms with Crippen molar-refractivity contribution in [3.63, 3.8) is 0 Å². The van der Waals surface area contributed by atoms with Gasteiger partial charge in [-0.25, -0.2) is 0 Å². The molecule has 0 saturated heterocycles. The van der Waals surface area contributed by atoms with Crippen molar-refractivity contribution in [3.05, 3.63) is 116 Å². The van der Waals surface area contributed by atoms with E-state index in [1.54, 1.807) is 25.3 Å². The molecule has 0 saturated carbocycles. The SMILES string of the molecule is COc1ccc2c(c1)C=CC(C1=CC(c3cc(Cl)cc(Cl)c3)C(C)CN1[C@@H](C)c1ccc(C(=O)NCCC(=O)O)cc1)C2. The lowest BCUT2D eigenvalue weighted by atomic mass is 9.78. The highest BCUT2D eigenvalue weighted by Gasteiger charge is 2.34. The third kappa shape index (κ3) is 7.09. The van der Waals surface area contributed by atoms with Crippen LogP contribution >= 0.6 is 23.2 Å². The van der Waals surface area contributed by atoms with E-state index in [9.17, 15) is 9.59 Å². The molecule has 5 rings (SSSR count). The minimum Gasteiger partial charge on any atom is -0.497 e. The van der Waals surface area contributed by atoms with E-state index in [0.29, 0.717) is 21.5 Å². The average Bonchev–Trinajstić information content (AvgIpc) is 2.99. The summed E-state index contributed by atoms with van der Waals surface area (Å²) in [5, 5.41) is 12.8. The van der Waals surface area contributed by atoms with E-state index >= 15 is 0 Å². The molecule has 0 spiro atoms. The first-order chi connectivity index (χ1) is 20.6. The summed E-state index contributed by atoms with van der Waals surface area (Å²) in [7, 11) is 1.69. The summed E-state index contributed by atoms with van der Waals surface area (Å²) in [5.74, 6) is 0.243. The first-order valence-corrected chi connectivity index (χ1v) is 15.3. The summed E-state index contributed by atoms with van der Waals surface area (Å²) in [5.41, 5.74) is 6.41. The number of amides is 1. The fourth-order valence-corrected chi connectivity index (χ4v) is 6.67. The van der Waals surface area contributed by atoms with Crippen molar-refractivity contribution in [2.75, 3.05) is 20.2 Å². The minimum atomic E-state index is -0.944. The molecule has 224 valence electrons. The lowest BCUT2D eigenvalue weighted by molar-refractivity contribution is -0.136. The van der Waals surface area contributed by atoms with Gasteiger partial charge in [0.15, 0.2) is 0 Å². The van der Waals surface area contributed by atoms with Crippen LogP contribution in [0.4, 0.5) is 0 Å². The Balaban J connectivity index is 1.45. The van der Waals surface area contributed by atoms with Crippen LogP contribution in [-0.2, 0) is 11.2 Å². The van der Waals surface area contributed by atoms with Crippen LogP contribution in [0.25, 0.3) is 6.08 Å². The molecular weight excluding hydrogens is 583 g/mol. The average molecular weight is 620 g/mol. The van der Waals surface area contributed by atoms with Gasteiger partial charge in [0, 0.05) is 46.2 Å². The Hall–Kier alpha value is -3.74. The predicted octanol–water partition coefficient (Wildman–Crippen LogP) is 7.77. The second kappa shape index (κ2) is 13.3. The molecule has 1 aliphatic heterocycles. The topological polar surface area (TPSA) is 78.9 Å². The Bertz CT molecular complexity index is 1550. The molecule has 1 amide bonds. The molecule has 6 nitrogen and oxygen atoms in total. The third-order valence-corrected chi connectivity index (χ3v) is 8.91. The van der Waals surface area contributed by atoms with E-state index in [-0.39, 0.29) is 36.8 Å². The monoisotopic (exact) mass is 618 g/mol. The second-order valence-electron chi connectivity index (χ2n) is 11.4. The summed E-state index contributed by atoms with van der Waals surface area (Å²) in [6.07, 6.45) is 7.63. The van der Waals surface area contributed by atoms with Crippen LogP contribution in [0.2, 0.25) is 10.0 Å². The number of carboxylic acids is 1. The van der Waals surface area contributed by atoms with Crippen LogP contribution in [0.5, 0.6) is 5.75 Å². The Labute approximate surface area is 263 Å². The molecular formula is C35H36Cl2N2O4. The van der Waals surface area contributed by atoms with Gasteiger partial charge in [0.2, 0.25) is 0 Å². The summed E-state index contributed by atoms with van der Waals surface area (Å²) in [6, 6.07) is 19.7. The highest BCUT2D eigenvalue weighted by Crippen LogP contribution is 2.43. The number of carbonyl (C=O) groups is 2. The zero-order chi connectivity index (χ0) is 30.7. The lowest BCUT2D eigenvalue weighted by Gasteiger charge is -2.44. The first-order valence-electron chi connectivity index (χ1n) is 14.5. The molecule has 3 aromatic rings. The number of methoxy groups -OCH3 is 1. The van der Waals surface area contributed by atoms with Crippen molar-refractivity contribution in [2.24, 2.45) is 11.8 Å². The lowest BCUT2D eigenvalue weighted by Crippen LogP contribution is -2.39. The first kappa shape index (κ1) is 30.7. The number of hydrogen-bond donors (Lipinski definition) is 2. The van der Waals surface area contributed by atoms with Crippen molar-refractivity contribution >= 4 is 41.2 Å². The summed E-state index contributed by atoms with van der Waals surface area (Å²) < 4.78 is 5.44. The van der Waals surface area contributed by atoms with Crippen LogP contribution in [0.15, 0.2) is 78.5 Å². The van der Waals surface area contributed by atoms with Crippen LogP contribution in [0.1, 0.15) is 64.8 Å². The Morgan fingerprint density at radius 3 is 2.47 bits per heavy atom. The zero-order valence-electron chi connectivity index (χ0n) is 24.5. The van der Waals surface area contributed by atoms with Gasteiger partial charge in [-0.05, 0) is 84.0 Å². The van der Waals surface area contributed by atoms with Crippen molar-refractivity contribution in [1.29, 1.82) is 0 Å². The zero-order valence-corrected chi connectivity index (χ0v) is 26.0. The van der Waals surface area contributed by atoms with Gasteiger partial charge < -0.3 is 20.1 Å². The minimum absolute atomic E-state index is 0.0485. The molecule has 1 aliphatic carbocycles. The molecule has 3 aromatic carbocycles. The molecule has 0 bridgehead atoms. The van der Waals surface area contributed by atoms with Crippen LogP contribution in [-0.4, -0.2) is 42.1 Å². The predicted molar refractivity (Wildman–Crippen MR) is 172 cm³/mol.